The molecule has 0 aliphatic heterocycles. The summed E-state index contributed by atoms with van der Waals surface area (Å²) in [5.74, 6) is -0.175. The number of anilines is 2. The molecule has 7 nitrogen and oxygen atoms in total. The topological polar surface area (TPSA) is 97.1 Å². The van der Waals surface area contributed by atoms with Crippen molar-refractivity contribution in [3.8, 4) is 11.5 Å². The Morgan fingerprint density at radius 1 is 1.04 bits per heavy atom. The second kappa shape index (κ2) is 8.22. The Labute approximate surface area is 154 Å². The third-order valence-electron chi connectivity index (χ3n) is 3.59. The Hall–Kier alpha value is -3.55. The zero-order chi connectivity index (χ0) is 19.2. The highest BCUT2D eigenvalue weighted by Gasteiger charge is 2.11. The van der Waals surface area contributed by atoms with Crippen molar-refractivity contribution in [1.82, 2.24) is 10.2 Å². The van der Waals surface area contributed by atoms with Crippen LogP contribution in [0.1, 0.15) is 19.2 Å². The maximum absolute atomic E-state index is 13.0. The summed E-state index contributed by atoms with van der Waals surface area (Å²) in [6, 6.07) is 12.5. The molecule has 0 spiro atoms. The van der Waals surface area contributed by atoms with E-state index in [0.717, 1.165) is 0 Å². The van der Waals surface area contributed by atoms with E-state index in [1.165, 1.54) is 19.1 Å². The predicted molar refractivity (Wildman–Crippen MR) is 97.4 cm³/mol. The van der Waals surface area contributed by atoms with Gasteiger partial charge in [0.25, 0.3) is 0 Å². The highest BCUT2D eigenvalue weighted by Crippen LogP contribution is 2.19. The lowest BCUT2D eigenvalue weighted by Crippen LogP contribution is -2.13. The zero-order valence-corrected chi connectivity index (χ0v) is 14.5. The van der Waals surface area contributed by atoms with Gasteiger partial charge in [0.2, 0.25) is 23.6 Å². The summed E-state index contributed by atoms with van der Waals surface area (Å²) in [6.45, 7) is 1.41. The Balaban J connectivity index is 1.55. The molecule has 0 bridgehead atoms. The normalized spacial score (nSPS) is 10.4. The number of hydrogen-bond donors (Lipinski definition) is 2. The van der Waals surface area contributed by atoms with Gasteiger partial charge in [-0.2, -0.15) is 0 Å². The van der Waals surface area contributed by atoms with Crippen LogP contribution in [0, 0.1) is 5.82 Å². The summed E-state index contributed by atoms with van der Waals surface area (Å²) in [5, 5.41) is 13.2. The summed E-state index contributed by atoms with van der Waals surface area (Å²) in [7, 11) is 0. The van der Waals surface area contributed by atoms with Gasteiger partial charge in [0.1, 0.15) is 5.82 Å². The van der Waals surface area contributed by atoms with Crippen molar-refractivity contribution in [3.63, 3.8) is 0 Å². The molecule has 2 N–H and O–H groups in total. The second-order valence-corrected chi connectivity index (χ2v) is 5.82. The van der Waals surface area contributed by atoms with Gasteiger partial charge >= 0.3 is 0 Å². The first-order valence-corrected chi connectivity index (χ1v) is 8.25. The van der Waals surface area contributed by atoms with E-state index >= 15 is 0 Å². The molecule has 27 heavy (non-hydrogen) atoms. The summed E-state index contributed by atoms with van der Waals surface area (Å²) >= 11 is 0. The number of aromatic nitrogens is 2. The number of benzene rings is 2. The Morgan fingerprint density at radius 2 is 1.74 bits per heavy atom. The molecule has 0 aliphatic carbocycles. The van der Waals surface area contributed by atoms with E-state index < -0.39 is 0 Å². The van der Waals surface area contributed by atoms with E-state index in [1.807, 2.05) is 0 Å². The van der Waals surface area contributed by atoms with Crippen LogP contribution in [0.25, 0.3) is 11.5 Å². The molecule has 1 aromatic heterocycles. The van der Waals surface area contributed by atoms with Crippen LogP contribution in [0.15, 0.2) is 52.9 Å². The molecule has 2 amide bonds. The Kier molecular flexibility index (Phi) is 5.55. The molecule has 1 heterocycles. The number of carbonyl (C=O) groups excluding carboxylic acids is 2. The van der Waals surface area contributed by atoms with Crippen molar-refractivity contribution >= 4 is 23.2 Å². The molecule has 8 heteroatoms. The van der Waals surface area contributed by atoms with Crippen molar-refractivity contribution < 1.29 is 18.4 Å². The van der Waals surface area contributed by atoms with E-state index in [9.17, 15) is 14.0 Å². The second-order valence-electron chi connectivity index (χ2n) is 5.82. The standard InChI is InChI=1S/C19H17FN4O3/c1-12(25)21-15-3-2-4-16(11-15)22-17(26)9-10-18-23-24-19(27-18)13-5-7-14(20)8-6-13/h2-8,11H,9-10H2,1H3,(H,21,25)(H,22,26). The van der Waals surface area contributed by atoms with E-state index in [-0.39, 0.29) is 36.4 Å². The average molecular weight is 368 g/mol. The average Bonchev–Trinajstić information content (AvgIpc) is 3.09. The molecular formula is C19H17FN4O3. The lowest BCUT2D eigenvalue weighted by atomic mass is 10.2. The minimum atomic E-state index is -0.349. The molecule has 3 aromatic rings. The van der Waals surface area contributed by atoms with Gasteiger partial charge < -0.3 is 15.1 Å². The first-order chi connectivity index (χ1) is 13.0. The molecule has 0 radical (unpaired) electrons. The van der Waals surface area contributed by atoms with E-state index in [1.54, 1.807) is 36.4 Å². The molecule has 0 fully saturated rings. The maximum Gasteiger partial charge on any atom is 0.247 e. The third kappa shape index (κ3) is 5.21. The van der Waals surface area contributed by atoms with Crippen LogP contribution >= 0.6 is 0 Å². The lowest BCUT2D eigenvalue weighted by molar-refractivity contribution is -0.116. The van der Waals surface area contributed by atoms with Gasteiger partial charge in [-0.15, -0.1) is 10.2 Å². The van der Waals surface area contributed by atoms with Gasteiger partial charge in [-0.1, -0.05) is 6.07 Å². The molecule has 0 aliphatic rings. The third-order valence-corrected chi connectivity index (χ3v) is 3.59. The maximum atomic E-state index is 13.0. The summed E-state index contributed by atoms with van der Waals surface area (Å²) in [4.78, 5) is 23.2. The summed E-state index contributed by atoms with van der Waals surface area (Å²) in [6.07, 6.45) is 0.417. The van der Waals surface area contributed by atoms with Gasteiger partial charge in [-0.3, -0.25) is 9.59 Å². The van der Waals surface area contributed by atoms with Crippen molar-refractivity contribution in [3.05, 3.63) is 60.2 Å². The Bertz CT molecular complexity index is 954. The first-order valence-electron chi connectivity index (χ1n) is 8.25. The van der Waals surface area contributed by atoms with Crippen molar-refractivity contribution in [2.75, 3.05) is 10.6 Å². The molecule has 0 atom stereocenters. The van der Waals surface area contributed by atoms with Crippen molar-refractivity contribution in [2.45, 2.75) is 19.8 Å². The first kappa shape index (κ1) is 18.2. The predicted octanol–water partition coefficient (Wildman–Crippen LogP) is 3.41. The van der Waals surface area contributed by atoms with E-state index in [2.05, 4.69) is 20.8 Å². The molecule has 0 saturated carbocycles. The molecule has 3 rings (SSSR count). The SMILES string of the molecule is CC(=O)Nc1cccc(NC(=O)CCc2nnc(-c3ccc(F)cc3)o2)c1. The monoisotopic (exact) mass is 368 g/mol. The highest BCUT2D eigenvalue weighted by molar-refractivity contribution is 5.93. The van der Waals surface area contributed by atoms with Crippen LogP contribution in [-0.2, 0) is 16.0 Å². The van der Waals surface area contributed by atoms with E-state index in [4.69, 9.17) is 4.42 Å². The fourth-order valence-corrected chi connectivity index (χ4v) is 2.39. The van der Waals surface area contributed by atoms with Crippen LogP contribution in [-0.4, -0.2) is 22.0 Å². The number of carbonyl (C=O) groups is 2. The molecule has 0 unspecified atom stereocenters. The van der Waals surface area contributed by atoms with Gasteiger partial charge in [0.15, 0.2) is 0 Å². The number of rotatable bonds is 6. The summed E-state index contributed by atoms with van der Waals surface area (Å²) in [5.41, 5.74) is 1.78. The zero-order valence-electron chi connectivity index (χ0n) is 14.5. The van der Waals surface area contributed by atoms with Crippen LogP contribution in [0.4, 0.5) is 15.8 Å². The van der Waals surface area contributed by atoms with Crippen molar-refractivity contribution in [1.29, 1.82) is 0 Å². The van der Waals surface area contributed by atoms with Gasteiger partial charge in [0, 0.05) is 36.7 Å². The van der Waals surface area contributed by atoms with Gasteiger partial charge in [0.05, 0.1) is 0 Å². The lowest BCUT2D eigenvalue weighted by Gasteiger charge is -2.07. The summed E-state index contributed by atoms with van der Waals surface area (Å²) < 4.78 is 18.5. The molecule has 138 valence electrons. The highest BCUT2D eigenvalue weighted by atomic mass is 19.1. The fraction of sp³-hybridized carbons (Fsp3) is 0.158. The number of amides is 2. The molecule has 0 saturated heterocycles. The van der Waals surface area contributed by atoms with Crippen LogP contribution < -0.4 is 10.6 Å². The smallest absolute Gasteiger partial charge is 0.247 e. The quantitative estimate of drug-likeness (QED) is 0.695. The number of halogens is 1. The van der Waals surface area contributed by atoms with Crippen molar-refractivity contribution in [2.24, 2.45) is 0 Å². The Morgan fingerprint density at radius 3 is 2.44 bits per heavy atom. The fourth-order valence-electron chi connectivity index (χ4n) is 2.39. The largest absolute Gasteiger partial charge is 0.421 e. The van der Waals surface area contributed by atoms with Crippen LogP contribution in [0.2, 0.25) is 0 Å². The minimum absolute atomic E-state index is 0.148. The number of nitrogens with zero attached hydrogens (tertiary/aromatic N) is 2. The van der Waals surface area contributed by atoms with Gasteiger partial charge in [-0.05, 0) is 42.5 Å². The number of aryl methyl sites for hydroxylation is 1. The van der Waals surface area contributed by atoms with Crippen LogP contribution in [0.5, 0.6) is 0 Å². The van der Waals surface area contributed by atoms with Gasteiger partial charge in [-0.25, -0.2) is 4.39 Å². The number of hydrogen-bond acceptors (Lipinski definition) is 5. The minimum Gasteiger partial charge on any atom is -0.421 e. The van der Waals surface area contributed by atoms with E-state index in [0.29, 0.717) is 22.8 Å². The molecular weight excluding hydrogens is 351 g/mol. The van der Waals surface area contributed by atoms with Crippen LogP contribution in [0.3, 0.4) is 0 Å². The number of nitrogens with one attached hydrogen (secondary N) is 2. The molecule has 2 aromatic carbocycles.